The lowest BCUT2D eigenvalue weighted by molar-refractivity contribution is -0.394. The number of aromatic hydroxyl groups is 2. The maximum absolute atomic E-state index is 12.2. The maximum Gasteiger partial charge on any atom is 0.319 e. The van der Waals surface area contributed by atoms with Gasteiger partial charge in [-0.2, -0.15) is 8.42 Å². The number of aliphatic hydroxyl groups is 1. The zero-order valence-corrected chi connectivity index (χ0v) is 21.3. The molecule has 0 aliphatic heterocycles. The highest BCUT2D eigenvalue weighted by Gasteiger charge is 2.26. The van der Waals surface area contributed by atoms with E-state index in [0.717, 1.165) is 6.07 Å². The minimum absolute atomic E-state index is 0.0684. The Bertz CT molecular complexity index is 1810. The molecule has 0 aliphatic rings. The highest BCUT2D eigenvalue weighted by molar-refractivity contribution is 7.86. The Morgan fingerprint density at radius 1 is 0.878 bits per heavy atom. The molecule has 0 aromatic heterocycles. The lowest BCUT2D eigenvalue weighted by Gasteiger charge is -2.12. The number of aliphatic hydroxyl groups excluding tert-OH is 1. The van der Waals surface area contributed by atoms with E-state index < -0.39 is 59.1 Å². The molecule has 0 heterocycles. The van der Waals surface area contributed by atoms with Crippen LogP contribution in [0.5, 0.6) is 17.2 Å². The van der Waals surface area contributed by atoms with E-state index in [2.05, 4.69) is 15.5 Å². The number of anilines is 2. The highest BCUT2D eigenvalue weighted by Crippen LogP contribution is 2.44. The average Bonchev–Trinajstić information content (AvgIpc) is 2.91. The van der Waals surface area contributed by atoms with Crippen LogP contribution in [-0.2, 0) is 10.1 Å². The van der Waals surface area contributed by atoms with Gasteiger partial charge in [0.1, 0.15) is 28.6 Å². The molecule has 4 aromatic rings. The van der Waals surface area contributed by atoms with Gasteiger partial charge in [0.2, 0.25) is 5.75 Å². The summed E-state index contributed by atoms with van der Waals surface area (Å²) in [6.07, 6.45) is 0. The number of fused-ring (bicyclic) bond motifs is 1. The number of azo groups is 1. The number of nitro benzene ring substituents is 2. The lowest BCUT2D eigenvalue weighted by atomic mass is 10.1. The van der Waals surface area contributed by atoms with Crippen molar-refractivity contribution in [1.29, 1.82) is 0 Å². The maximum atomic E-state index is 12.2. The van der Waals surface area contributed by atoms with E-state index in [-0.39, 0.29) is 24.0 Å². The van der Waals surface area contributed by atoms with Crippen molar-refractivity contribution < 1.29 is 42.9 Å². The zero-order chi connectivity index (χ0) is 29.9. The summed E-state index contributed by atoms with van der Waals surface area (Å²) in [7, 11) is -5.03. The number of rotatable bonds is 10. The quantitative estimate of drug-likeness (QED) is 0.0725. The van der Waals surface area contributed by atoms with Crippen molar-refractivity contribution in [3.05, 3.63) is 80.9 Å². The number of hydrogen-bond donors (Lipinski definition) is 5. The van der Waals surface area contributed by atoms with E-state index in [1.165, 1.54) is 12.1 Å². The van der Waals surface area contributed by atoms with Crippen LogP contribution in [-0.4, -0.2) is 51.4 Å². The number of nitro groups is 2. The van der Waals surface area contributed by atoms with Crippen molar-refractivity contribution in [2.45, 2.75) is 4.90 Å². The van der Waals surface area contributed by atoms with Crippen molar-refractivity contribution in [2.24, 2.45) is 10.2 Å². The number of nitrogens with zero attached hydrogens (tertiary/aromatic N) is 4. The fourth-order valence-electron chi connectivity index (χ4n) is 3.70. The van der Waals surface area contributed by atoms with Crippen LogP contribution in [0.4, 0.5) is 34.1 Å². The Balaban J connectivity index is 1.76. The second-order valence-corrected chi connectivity index (χ2v) is 9.64. The van der Waals surface area contributed by atoms with Gasteiger partial charge in [-0.15, -0.1) is 10.2 Å². The molecule has 0 aliphatic carbocycles. The molecule has 0 atom stereocenters. The Kier molecular flexibility index (Phi) is 7.94. The fourth-order valence-corrected chi connectivity index (χ4v) is 4.36. The first-order valence-electron chi connectivity index (χ1n) is 11.3. The van der Waals surface area contributed by atoms with Crippen LogP contribution in [0, 0.1) is 20.2 Å². The molecule has 0 saturated carbocycles. The van der Waals surface area contributed by atoms with Gasteiger partial charge < -0.3 is 25.4 Å². The number of nitrogens with one attached hydrogen (secondary N) is 1. The molecular formula is C24H19N5O11S. The second-order valence-electron chi connectivity index (χ2n) is 8.25. The summed E-state index contributed by atoms with van der Waals surface area (Å²) in [5.74, 6) is -1.32. The first-order valence-corrected chi connectivity index (χ1v) is 12.8. The first-order chi connectivity index (χ1) is 19.4. The van der Waals surface area contributed by atoms with Gasteiger partial charge in [0, 0.05) is 22.8 Å². The van der Waals surface area contributed by atoms with Gasteiger partial charge in [0.15, 0.2) is 5.75 Å². The van der Waals surface area contributed by atoms with Crippen LogP contribution in [0.25, 0.3) is 10.8 Å². The monoisotopic (exact) mass is 585 g/mol. The average molecular weight is 586 g/mol. The van der Waals surface area contributed by atoms with E-state index in [1.54, 1.807) is 30.3 Å². The van der Waals surface area contributed by atoms with Gasteiger partial charge in [-0.3, -0.25) is 24.8 Å². The van der Waals surface area contributed by atoms with Gasteiger partial charge in [0.25, 0.3) is 15.8 Å². The minimum atomic E-state index is -5.03. The number of phenols is 2. The topological polar surface area (TPSA) is 247 Å². The fraction of sp³-hybridized carbons (Fsp3) is 0.0833. The van der Waals surface area contributed by atoms with E-state index >= 15 is 0 Å². The van der Waals surface area contributed by atoms with Gasteiger partial charge in [0.05, 0.1) is 22.5 Å². The predicted octanol–water partition coefficient (Wildman–Crippen LogP) is 4.84. The molecule has 16 nitrogen and oxygen atoms in total. The number of phenolic OH excluding ortho intramolecular Hbond substituents is 2. The van der Waals surface area contributed by atoms with Crippen LogP contribution in [0.3, 0.4) is 0 Å². The molecule has 0 saturated heterocycles. The lowest BCUT2D eigenvalue weighted by Crippen LogP contribution is -2.01. The van der Waals surface area contributed by atoms with Crippen LogP contribution in [0.15, 0.2) is 75.8 Å². The van der Waals surface area contributed by atoms with Crippen molar-refractivity contribution in [3.8, 4) is 17.2 Å². The Morgan fingerprint density at radius 2 is 1.56 bits per heavy atom. The smallest absolute Gasteiger partial charge is 0.319 e. The van der Waals surface area contributed by atoms with Gasteiger partial charge in [-0.05, 0) is 53.9 Å². The first kappa shape index (κ1) is 28.6. The van der Waals surface area contributed by atoms with Crippen molar-refractivity contribution in [1.82, 2.24) is 0 Å². The summed E-state index contributed by atoms with van der Waals surface area (Å²) in [6, 6.07) is 13.3. The molecule has 0 bridgehead atoms. The predicted molar refractivity (Wildman–Crippen MR) is 143 cm³/mol. The third-order valence-corrected chi connectivity index (χ3v) is 6.42. The van der Waals surface area contributed by atoms with E-state index in [0.29, 0.717) is 29.3 Å². The Hall–Kier alpha value is -5.39. The summed E-state index contributed by atoms with van der Waals surface area (Å²) < 4.78 is 39.5. The largest absolute Gasteiger partial charge is 0.505 e. The molecule has 4 rings (SSSR count). The minimum Gasteiger partial charge on any atom is -0.505 e. The van der Waals surface area contributed by atoms with Crippen LogP contribution in [0.1, 0.15) is 0 Å². The van der Waals surface area contributed by atoms with Crippen molar-refractivity contribution in [3.63, 3.8) is 0 Å². The SMILES string of the molecule is O=[N+]([O-])c1cc(N=Nc2c(S(=O)(=O)O)cc3cc(Nc4ccc(OCCO)cc4)ccc3c2O)c(O)c([N+](=O)[O-])c1. The molecule has 0 unspecified atom stereocenters. The number of non-ortho nitro benzene ring substituents is 1. The summed E-state index contributed by atoms with van der Waals surface area (Å²) in [5, 5.41) is 62.5. The molecule has 0 fully saturated rings. The van der Waals surface area contributed by atoms with E-state index in [4.69, 9.17) is 9.84 Å². The van der Waals surface area contributed by atoms with Crippen LogP contribution < -0.4 is 10.1 Å². The van der Waals surface area contributed by atoms with E-state index in [9.17, 15) is 43.4 Å². The Labute approximate surface area is 229 Å². The normalized spacial score (nSPS) is 11.6. The molecular weight excluding hydrogens is 566 g/mol. The van der Waals surface area contributed by atoms with Crippen LogP contribution >= 0.6 is 0 Å². The zero-order valence-electron chi connectivity index (χ0n) is 20.5. The summed E-state index contributed by atoms with van der Waals surface area (Å²) in [4.78, 5) is 19.4. The van der Waals surface area contributed by atoms with Crippen molar-refractivity contribution in [2.75, 3.05) is 18.5 Å². The summed E-state index contributed by atoms with van der Waals surface area (Å²) >= 11 is 0. The molecule has 0 spiro atoms. The number of ether oxygens (including phenoxy) is 1. The molecule has 212 valence electrons. The van der Waals surface area contributed by atoms with E-state index in [1.807, 2.05) is 0 Å². The van der Waals surface area contributed by atoms with Gasteiger partial charge in [-0.25, -0.2) is 0 Å². The summed E-state index contributed by atoms with van der Waals surface area (Å²) in [6.45, 7) is -0.0106. The third kappa shape index (κ3) is 6.27. The molecule has 4 aromatic carbocycles. The van der Waals surface area contributed by atoms with Gasteiger partial charge >= 0.3 is 5.69 Å². The number of benzene rings is 4. The molecule has 41 heavy (non-hydrogen) atoms. The third-order valence-electron chi connectivity index (χ3n) is 5.55. The van der Waals surface area contributed by atoms with Crippen molar-refractivity contribution >= 4 is 55.0 Å². The second kappa shape index (κ2) is 11.4. The summed E-state index contributed by atoms with van der Waals surface area (Å²) in [5.41, 5.74) is -2.33. The number of hydrogen-bond acceptors (Lipinski definition) is 13. The Morgan fingerprint density at radius 3 is 2.17 bits per heavy atom. The highest BCUT2D eigenvalue weighted by atomic mass is 32.2. The van der Waals surface area contributed by atoms with Gasteiger partial charge in [-0.1, -0.05) is 0 Å². The molecule has 0 radical (unpaired) electrons. The molecule has 5 N–H and O–H groups in total. The molecule has 0 amide bonds. The standard InChI is InChI=1S/C24H19N5O11S/c30-7-8-40-17-4-1-14(2-5-17)25-15-3-6-18-13(9-15)10-21(41(37,38)39)22(23(18)31)27-26-19-11-16(28(33)34)12-20(24(19)32)29(35)36/h1-6,9-12,25,30-32H,7-8H2,(H,37,38,39). The van der Waals surface area contributed by atoms with Crippen LogP contribution in [0.2, 0.25) is 0 Å². The molecule has 17 heteroatoms.